The van der Waals surface area contributed by atoms with Crippen LogP contribution in [0.5, 0.6) is 0 Å². The van der Waals surface area contributed by atoms with Crippen LogP contribution in [-0.4, -0.2) is 11.7 Å². The summed E-state index contributed by atoms with van der Waals surface area (Å²) in [6.07, 6.45) is 0. The molecule has 0 heterocycles. The maximum atomic E-state index is 7.57. The van der Waals surface area contributed by atoms with E-state index in [-0.39, 0.29) is 6.61 Å². The molecule has 1 aromatic carbocycles. The Kier molecular flexibility index (Phi) is 14.7. The minimum atomic E-state index is 0.250. The Morgan fingerprint density at radius 1 is 1.17 bits per heavy atom. The lowest BCUT2D eigenvalue weighted by atomic mass is 10.2. The predicted molar refractivity (Wildman–Crippen MR) is 55.0 cm³/mol. The third-order valence-electron chi connectivity index (χ3n) is 0.940. The molecule has 12 heavy (non-hydrogen) atoms. The molecule has 0 aliphatic carbocycles. The van der Waals surface area contributed by atoms with E-state index >= 15 is 0 Å². The van der Waals surface area contributed by atoms with Gasteiger partial charge in [-0.15, -0.1) is 0 Å². The van der Waals surface area contributed by atoms with E-state index in [0.717, 1.165) is 0 Å². The SMILES string of the molecule is CCO.Cc1ccccc1.[CH2]C. The van der Waals surface area contributed by atoms with Gasteiger partial charge in [0.2, 0.25) is 0 Å². The number of hydrogen-bond acceptors (Lipinski definition) is 1. The first-order valence-electron chi connectivity index (χ1n) is 4.14. The molecule has 0 spiro atoms. The van der Waals surface area contributed by atoms with E-state index in [1.54, 1.807) is 13.8 Å². The van der Waals surface area contributed by atoms with Gasteiger partial charge < -0.3 is 5.11 Å². The number of aryl methyl sites for hydroxylation is 1. The molecule has 0 saturated carbocycles. The van der Waals surface area contributed by atoms with Crippen LogP contribution in [0.25, 0.3) is 0 Å². The van der Waals surface area contributed by atoms with Gasteiger partial charge in [0.25, 0.3) is 0 Å². The lowest BCUT2D eigenvalue weighted by molar-refractivity contribution is 0.318. The lowest BCUT2D eigenvalue weighted by Crippen LogP contribution is -1.62. The van der Waals surface area contributed by atoms with E-state index in [1.807, 2.05) is 18.2 Å². The fourth-order valence-electron chi connectivity index (χ4n) is 0.534. The van der Waals surface area contributed by atoms with Crippen LogP contribution in [-0.2, 0) is 0 Å². The number of benzene rings is 1. The van der Waals surface area contributed by atoms with E-state index in [0.29, 0.717) is 0 Å². The summed E-state index contributed by atoms with van der Waals surface area (Å²) in [5, 5.41) is 7.57. The predicted octanol–water partition coefficient (Wildman–Crippen LogP) is 2.83. The number of aliphatic hydroxyl groups is 1. The highest BCUT2D eigenvalue weighted by Crippen LogP contribution is 1.92. The zero-order chi connectivity index (χ0) is 9.82. The van der Waals surface area contributed by atoms with Gasteiger partial charge >= 0.3 is 0 Å². The molecule has 0 saturated heterocycles. The first-order chi connectivity index (χ1) is 5.81. The molecule has 1 nitrogen and oxygen atoms in total. The largest absolute Gasteiger partial charge is 0.397 e. The van der Waals surface area contributed by atoms with Crippen molar-refractivity contribution in [3.05, 3.63) is 42.8 Å². The summed E-state index contributed by atoms with van der Waals surface area (Å²) in [6, 6.07) is 10.3. The molecule has 1 radical (unpaired) electrons. The summed E-state index contributed by atoms with van der Waals surface area (Å²) in [4.78, 5) is 0. The highest BCUT2D eigenvalue weighted by Gasteiger charge is 1.72. The molecule has 69 valence electrons. The third-order valence-corrected chi connectivity index (χ3v) is 0.940. The van der Waals surface area contributed by atoms with Crippen LogP contribution < -0.4 is 0 Å². The first-order valence-corrected chi connectivity index (χ1v) is 4.14. The van der Waals surface area contributed by atoms with Gasteiger partial charge in [0.05, 0.1) is 0 Å². The van der Waals surface area contributed by atoms with Crippen molar-refractivity contribution in [1.82, 2.24) is 0 Å². The van der Waals surface area contributed by atoms with Gasteiger partial charge in [-0.1, -0.05) is 49.7 Å². The van der Waals surface area contributed by atoms with Crippen LogP contribution in [0.4, 0.5) is 0 Å². The normalized spacial score (nSPS) is 7.08. The van der Waals surface area contributed by atoms with Crippen LogP contribution in [0.1, 0.15) is 19.4 Å². The summed E-state index contributed by atoms with van der Waals surface area (Å²) in [5.74, 6) is 0. The van der Waals surface area contributed by atoms with Crippen molar-refractivity contribution in [3.63, 3.8) is 0 Å². The zero-order valence-corrected chi connectivity index (χ0v) is 8.25. The Hall–Kier alpha value is -0.820. The minimum Gasteiger partial charge on any atom is -0.397 e. The van der Waals surface area contributed by atoms with Crippen molar-refractivity contribution in [2.75, 3.05) is 6.61 Å². The van der Waals surface area contributed by atoms with E-state index in [1.165, 1.54) is 5.56 Å². The van der Waals surface area contributed by atoms with Crippen molar-refractivity contribution in [2.24, 2.45) is 0 Å². The second-order valence-corrected chi connectivity index (χ2v) is 1.97. The van der Waals surface area contributed by atoms with E-state index in [4.69, 9.17) is 5.11 Å². The Morgan fingerprint density at radius 3 is 1.67 bits per heavy atom. The summed E-state index contributed by atoms with van der Waals surface area (Å²) in [5.41, 5.74) is 1.32. The second kappa shape index (κ2) is 12.8. The van der Waals surface area contributed by atoms with Crippen LogP contribution in [0.3, 0.4) is 0 Å². The third kappa shape index (κ3) is 11.9. The molecule has 0 bridgehead atoms. The molecule has 0 amide bonds. The summed E-state index contributed by atoms with van der Waals surface area (Å²) in [6.45, 7) is 9.01. The molecule has 0 aliphatic rings. The summed E-state index contributed by atoms with van der Waals surface area (Å²) >= 11 is 0. The fourth-order valence-corrected chi connectivity index (χ4v) is 0.534. The first kappa shape index (κ1) is 13.7. The van der Waals surface area contributed by atoms with Gasteiger partial charge in [0.15, 0.2) is 0 Å². The molecular weight excluding hydrogens is 148 g/mol. The maximum absolute atomic E-state index is 7.57. The molecular formula is C11H19O. The van der Waals surface area contributed by atoms with E-state index < -0.39 is 0 Å². The molecule has 0 unspecified atom stereocenters. The quantitative estimate of drug-likeness (QED) is 0.630. The number of rotatable bonds is 0. The smallest absolute Gasteiger partial charge is 0.0402 e. The van der Waals surface area contributed by atoms with Crippen molar-refractivity contribution >= 4 is 0 Å². The minimum absolute atomic E-state index is 0.250. The molecule has 1 rings (SSSR count). The number of hydrogen-bond donors (Lipinski definition) is 1. The lowest BCUT2D eigenvalue weighted by Gasteiger charge is -1.82. The molecule has 0 aliphatic heterocycles. The molecule has 0 aromatic heterocycles. The average Bonchev–Trinajstić information content (AvgIpc) is 2.11. The molecule has 1 aromatic rings. The highest BCUT2D eigenvalue weighted by molar-refractivity contribution is 5.11. The van der Waals surface area contributed by atoms with Gasteiger partial charge in [-0.25, -0.2) is 0 Å². The van der Waals surface area contributed by atoms with Crippen molar-refractivity contribution in [2.45, 2.75) is 20.8 Å². The standard InChI is InChI=1S/C7H8.C2H6O.C2H5/c1-7-5-3-2-4-6-7;1-2-3;1-2/h2-6H,1H3;3H,2H2,1H3;1H2,2H3. The van der Waals surface area contributed by atoms with Crippen LogP contribution in [0.2, 0.25) is 0 Å². The summed E-state index contributed by atoms with van der Waals surface area (Å²) < 4.78 is 0. The molecule has 0 atom stereocenters. The highest BCUT2D eigenvalue weighted by atomic mass is 16.2. The fraction of sp³-hybridized carbons (Fsp3) is 0.364. The van der Waals surface area contributed by atoms with Crippen molar-refractivity contribution in [3.8, 4) is 0 Å². The van der Waals surface area contributed by atoms with Gasteiger partial charge in [-0.2, -0.15) is 0 Å². The van der Waals surface area contributed by atoms with Crippen molar-refractivity contribution < 1.29 is 5.11 Å². The van der Waals surface area contributed by atoms with Gasteiger partial charge in [-0.05, 0) is 13.8 Å². The Balaban J connectivity index is 0. The summed E-state index contributed by atoms with van der Waals surface area (Å²) in [7, 11) is 0. The van der Waals surface area contributed by atoms with Crippen LogP contribution in [0.15, 0.2) is 30.3 Å². The average molecular weight is 167 g/mol. The number of aliphatic hydroxyl groups excluding tert-OH is 1. The van der Waals surface area contributed by atoms with E-state index in [9.17, 15) is 0 Å². The monoisotopic (exact) mass is 167 g/mol. The Morgan fingerprint density at radius 2 is 1.50 bits per heavy atom. The van der Waals surface area contributed by atoms with Gasteiger partial charge in [0, 0.05) is 6.61 Å². The van der Waals surface area contributed by atoms with Gasteiger partial charge in [-0.3, -0.25) is 0 Å². The van der Waals surface area contributed by atoms with Crippen LogP contribution >= 0.6 is 0 Å². The van der Waals surface area contributed by atoms with Gasteiger partial charge in [0.1, 0.15) is 0 Å². The zero-order valence-electron chi connectivity index (χ0n) is 8.25. The van der Waals surface area contributed by atoms with E-state index in [2.05, 4.69) is 26.0 Å². The maximum Gasteiger partial charge on any atom is 0.0402 e. The molecule has 1 N–H and O–H groups in total. The van der Waals surface area contributed by atoms with Crippen LogP contribution in [0, 0.1) is 13.8 Å². The molecule has 0 fully saturated rings. The van der Waals surface area contributed by atoms with Crippen molar-refractivity contribution in [1.29, 1.82) is 0 Å². The topological polar surface area (TPSA) is 20.2 Å². The Bertz CT molecular complexity index is 146. The second-order valence-electron chi connectivity index (χ2n) is 1.97. The molecule has 1 heteroatoms. The Labute approximate surface area is 76.1 Å².